The second-order valence-corrected chi connectivity index (χ2v) is 8.35. The standard InChI is InChI=1S/C18H17ClN4O4S/c1-12-8-13(2)22(20-12)11-14-4-3-5-16(9-14)21-28(26,27)18-10-15(19)6-7-17(18)23(24)25/h3-10,21H,11H2,1-2H3. The van der Waals surface area contributed by atoms with Crippen molar-refractivity contribution in [3.63, 3.8) is 0 Å². The summed E-state index contributed by atoms with van der Waals surface area (Å²) in [5, 5.41) is 15.7. The van der Waals surface area contributed by atoms with Gasteiger partial charge in [0.2, 0.25) is 0 Å². The van der Waals surface area contributed by atoms with E-state index in [1.807, 2.05) is 30.7 Å². The van der Waals surface area contributed by atoms with Crippen molar-refractivity contribution in [2.24, 2.45) is 0 Å². The molecule has 3 rings (SSSR count). The molecule has 1 aromatic heterocycles. The summed E-state index contributed by atoms with van der Waals surface area (Å²) in [7, 11) is -4.20. The van der Waals surface area contributed by atoms with Crippen LogP contribution in [0.5, 0.6) is 0 Å². The zero-order valence-electron chi connectivity index (χ0n) is 15.1. The Bertz CT molecular complexity index is 1160. The van der Waals surface area contributed by atoms with Gasteiger partial charge in [-0.05, 0) is 49.7 Å². The molecule has 0 aliphatic heterocycles. The smallest absolute Gasteiger partial charge is 0.279 e. The summed E-state index contributed by atoms with van der Waals surface area (Å²) < 4.78 is 29.6. The summed E-state index contributed by atoms with van der Waals surface area (Å²) in [4.78, 5) is 9.93. The lowest BCUT2D eigenvalue weighted by molar-refractivity contribution is -0.387. The summed E-state index contributed by atoms with van der Waals surface area (Å²) in [6.07, 6.45) is 0. The maximum Gasteiger partial charge on any atom is 0.289 e. The Morgan fingerprint density at radius 1 is 1.18 bits per heavy atom. The maximum atomic E-state index is 12.7. The molecule has 0 saturated carbocycles. The van der Waals surface area contributed by atoms with Crippen molar-refractivity contribution >= 4 is 33.0 Å². The van der Waals surface area contributed by atoms with Gasteiger partial charge in [0.15, 0.2) is 4.90 Å². The van der Waals surface area contributed by atoms with Gasteiger partial charge in [0.25, 0.3) is 15.7 Å². The Kier molecular flexibility index (Phi) is 5.39. The van der Waals surface area contributed by atoms with Crippen molar-refractivity contribution in [3.8, 4) is 0 Å². The second kappa shape index (κ2) is 7.61. The van der Waals surface area contributed by atoms with Gasteiger partial charge >= 0.3 is 0 Å². The average Bonchev–Trinajstić information content (AvgIpc) is 2.91. The molecule has 3 aromatic rings. The first-order valence-corrected chi connectivity index (χ1v) is 10.1. The first-order valence-electron chi connectivity index (χ1n) is 8.22. The Morgan fingerprint density at radius 3 is 2.57 bits per heavy atom. The minimum atomic E-state index is -4.20. The third-order valence-electron chi connectivity index (χ3n) is 4.02. The minimum absolute atomic E-state index is 0.0873. The third kappa shape index (κ3) is 4.32. The van der Waals surface area contributed by atoms with Crippen LogP contribution < -0.4 is 4.72 Å². The van der Waals surface area contributed by atoms with E-state index in [9.17, 15) is 18.5 Å². The van der Waals surface area contributed by atoms with Gasteiger partial charge in [-0.2, -0.15) is 5.10 Å². The molecule has 28 heavy (non-hydrogen) atoms. The zero-order chi connectivity index (χ0) is 20.5. The predicted molar refractivity (Wildman–Crippen MR) is 106 cm³/mol. The van der Waals surface area contributed by atoms with Crippen LogP contribution in [0.2, 0.25) is 5.02 Å². The maximum absolute atomic E-state index is 12.7. The van der Waals surface area contributed by atoms with Crippen LogP contribution in [0.25, 0.3) is 0 Å². The highest BCUT2D eigenvalue weighted by atomic mass is 35.5. The van der Waals surface area contributed by atoms with Gasteiger partial charge in [-0.3, -0.25) is 19.5 Å². The monoisotopic (exact) mass is 420 g/mol. The topological polar surface area (TPSA) is 107 Å². The summed E-state index contributed by atoms with van der Waals surface area (Å²) in [5.74, 6) is 0. The van der Waals surface area contributed by atoms with E-state index in [0.29, 0.717) is 6.54 Å². The van der Waals surface area contributed by atoms with Crippen molar-refractivity contribution in [1.29, 1.82) is 0 Å². The van der Waals surface area contributed by atoms with Crippen LogP contribution in [0.1, 0.15) is 17.0 Å². The number of hydrogen-bond donors (Lipinski definition) is 1. The van der Waals surface area contributed by atoms with E-state index in [0.717, 1.165) is 29.1 Å². The molecule has 0 spiro atoms. The van der Waals surface area contributed by atoms with E-state index in [2.05, 4.69) is 9.82 Å². The molecule has 146 valence electrons. The van der Waals surface area contributed by atoms with Crippen LogP contribution in [0.15, 0.2) is 53.4 Å². The van der Waals surface area contributed by atoms with Crippen molar-refractivity contribution in [2.75, 3.05) is 4.72 Å². The molecule has 0 bridgehead atoms. The molecular formula is C18H17ClN4O4S. The van der Waals surface area contributed by atoms with E-state index in [4.69, 9.17) is 11.6 Å². The fourth-order valence-electron chi connectivity index (χ4n) is 2.81. The number of hydrogen-bond acceptors (Lipinski definition) is 5. The van der Waals surface area contributed by atoms with Crippen LogP contribution in [0.4, 0.5) is 11.4 Å². The number of halogens is 1. The van der Waals surface area contributed by atoms with Crippen LogP contribution in [-0.4, -0.2) is 23.1 Å². The van der Waals surface area contributed by atoms with Gasteiger partial charge in [-0.1, -0.05) is 23.7 Å². The van der Waals surface area contributed by atoms with Crippen molar-refractivity contribution in [1.82, 2.24) is 9.78 Å². The molecule has 0 saturated heterocycles. The van der Waals surface area contributed by atoms with Gasteiger partial charge in [0, 0.05) is 22.5 Å². The van der Waals surface area contributed by atoms with Gasteiger partial charge in [-0.15, -0.1) is 0 Å². The summed E-state index contributed by atoms with van der Waals surface area (Å²) in [6.45, 7) is 4.29. The molecule has 0 aliphatic rings. The van der Waals surface area contributed by atoms with Crippen molar-refractivity contribution in [2.45, 2.75) is 25.3 Å². The molecule has 0 atom stereocenters. The van der Waals surface area contributed by atoms with Crippen LogP contribution in [0.3, 0.4) is 0 Å². The van der Waals surface area contributed by atoms with Gasteiger partial charge in [-0.25, -0.2) is 8.42 Å². The van der Waals surface area contributed by atoms with Gasteiger partial charge < -0.3 is 0 Å². The number of benzene rings is 2. The number of aromatic nitrogens is 2. The lowest BCUT2D eigenvalue weighted by Gasteiger charge is -2.11. The normalized spacial score (nSPS) is 11.4. The van der Waals surface area contributed by atoms with Crippen molar-refractivity contribution < 1.29 is 13.3 Å². The molecule has 0 aliphatic carbocycles. The molecule has 0 fully saturated rings. The number of nitro benzene ring substituents is 1. The Morgan fingerprint density at radius 2 is 1.93 bits per heavy atom. The molecule has 2 aromatic carbocycles. The van der Waals surface area contributed by atoms with E-state index in [1.165, 1.54) is 6.07 Å². The second-order valence-electron chi connectivity index (χ2n) is 6.26. The predicted octanol–water partition coefficient (Wildman–Crippen LogP) is 3.91. The minimum Gasteiger partial charge on any atom is -0.279 e. The highest BCUT2D eigenvalue weighted by Crippen LogP contribution is 2.29. The number of aryl methyl sites for hydroxylation is 2. The molecule has 0 radical (unpaired) electrons. The first-order chi connectivity index (χ1) is 13.2. The zero-order valence-corrected chi connectivity index (χ0v) is 16.7. The first kappa shape index (κ1) is 19.8. The van der Waals surface area contributed by atoms with Gasteiger partial charge in [0.05, 0.1) is 17.2 Å². The molecule has 0 amide bonds. The van der Waals surface area contributed by atoms with Crippen LogP contribution in [-0.2, 0) is 16.6 Å². The van der Waals surface area contributed by atoms with E-state index < -0.39 is 25.5 Å². The Balaban J connectivity index is 1.91. The summed E-state index contributed by atoms with van der Waals surface area (Å²) in [6, 6.07) is 12.1. The Labute approximate surface area is 167 Å². The average molecular weight is 421 g/mol. The lowest BCUT2D eigenvalue weighted by Crippen LogP contribution is -2.15. The van der Waals surface area contributed by atoms with Crippen LogP contribution in [0, 0.1) is 24.0 Å². The van der Waals surface area contributed by atoms with E-state index in [1.54, 1.807) is 18.2 Å². The highest BCUT2D eigenvalue weighted by Gasteiger charge is 2.26. The van der Waals surface area contributed by atoms with Crippen LogP contribution >= 0.6 is 11.6 Å². The molecule has 1 heterocycles. The fourth-order valence-corrected chi connectivity index (χ4v) is 4.29. The summed E-state index contributed by atoms with van der Waals surface area (Å²) >= 11 is 5.84. The number of nitrogens with one attached hydrogen (secondary N) is 1. The van der Waals surface area contributed by atoms with Gasteiger partial charge in [0.1, 0.15) is 0 Å². The molecule has 1 N–H and O–H groups in total. The van der Waals surface area contributed by atoms with E-state index >= 15 is 0 Å². The Hall–Kier alpha value is -2.91. The van der Waals surface area contributed by atoms with Crippen molar-refractivity contribution in [3.05, 3.63) is 80.6 Å². The SMILES string of the molecule is Cc1cc(C)n(Cc2cccc(NS(=O)(=O)c3cc(Cl)ccc3[N+](=O)[O-])c2)n1. The van der Waals surface area contributed by atoms with E-state index in [-0.39, 0.29) is 10.7 Å². The fraction of sp³-hybridized carbons (Fsp3) is 0.167. The largest absolute Gasteiger partial charge is 0.289 e. The molecule has 0 unspecified atom stereocenters. The number of sulfonamides is 1. The highest BCUT2D eigenvalue weighted by molar-refractivity contribution is 7.92. The number of anilines is 1. The number of nitro groups is 1. The molecule has 8 nitrogen and oxygen atoms in total. The third-order valence-corrected chi connectivity index (χ3v) is 5.67. The molecule has 10 heteroatoms. The quantitative estimate of drug-likeness (QED) is 0.480. The summed E-state index contributed by atoms with van der Waals surface area (Å²) in [5.41, 5.74) is 2.44. The number of rotatable bonds is 6. The number of nitrogens with zero attached hydrogens (tertiary/aromatic N) is 3. The molecular weight excluding hydrogens is 404 g/mol. The lowest BCUT2D eigenvalue weighted by atomic mass is 10.2.